The molecule has 5 rings (SSSR count). The van der Waals surface area contributed by atoms with E-state index < -0.39 is 0 Å². The number of nitrogens with zero attached hydrogens (tertiary/aromatic N) is 4. The molecule has 34 heavy (non-hydrogen) atoms. The number of aryl methyl sites for hydroxylation is 1. The summed E-state index contributed by atoms with van der Waals surface area (Å²) in [7, 11) is 0. The number of carbonyl (C=O) groups is 1. The molecule has 8 heteroatoms. The Kier molecular flexibility index (Phi) is 6.49. The average Bonchev–Trinajstić information content (AvgIpc) is 3.13. The number of benzene rings is 2. The van der Waals surface area contributed by atoms with Gasteiger partial charge in [0.05, 0.1) is 24.3 Å². The summed E-state index contributed by atoms with van der Waals surface area (Å²) in [5, 5.41) is 8.74. The Hall–Kier alpha value is -3.78. The van der Waals surface area contributed by atoms with E-state index in [0.29, 0.717) is 49.0 Å². The van der Waals surface area contributed by atoms with Crippen molar-refractivity contribution in [1.29, 1.82) is 0 Å². The quantitative estimate of drug-likeness (QED) is 0.434. The van der Waals surface area contributed by atoms with Crippen LogP contribution in [0.1, 0.15) is 27.3 Å². The van der Waals surface area contributed by atoms with Gasteiger partial charge in [0, 0.05) is 30.6 Å². The fourth-order valence-corrected chi connectivity index (χ4v) is 4.22. The lowest BCUT2D eigenvalue weighted by molar-refractivity contribution is 0.0732. The number of ether oxygens (including phenoxy) is 2. The van der Waals surface area contributed by atoms with Crippen molar-refractivity contribution in [3.8, 4) is 5.75 Å². The largest absolute Gasteiger partial charge is 0.486 e. The molecule has 0 aliphatic carbocycles. The highest BCUT2D eigenvalue weighted by molar-refractivity contribution is 5.97. The fourth-order valence-electron chi connectivity index (χ4n) is 4.22. The van der Waals surface area contributed by atoms with Crippen LogP contribution < -0.4 is 4.74 Å². The molecule has 1 aliphatic rings. The van der Waals surface area contributed by atoms with Gasteiger partial charge in [0.15, 0.2) is 0 Å². The van der Waals surface area contributed by atoms with Crippen molar-refractivity contribution in [1.82, 2.24) is 20.2 Å². The second kappa shape index (κ2) is 10.0. The summed E-state index contributed by atoms with van der Waals surface area (Å²) in [6.07, 6.45) is 2.71. The molecular weight excluding hydrogens is 432 g/mol. The summed E-state index contributed by atoms with van der Waals surface area (Å²) in [6, 6.07) is 17.5. The van der Waals surface area contributed by atoms with E-state index in [9.17, 15) is 4.79 Å². The van der Waals surface area contributed by atoms with E-state index in [1.807, 2.05) is 41.4 Å². The Morgan fingerprint density at radius 1 is 1.15 bits per heavy atom. The molecular formula is C26H26N4O4. The number of hydrogen-bond acceptors (Lipinski definition) is 7. The Labute approximate surface area is 197 Å². The molecule has 2 aromatic carbocycles. The first kappa shape index (κ1) is 22.0. The minimum Gasteiger partial charge on any atom is -0.486 e. The third kappa shape index (κ3) is 4.92. The summed E-state index contributed by atoms with van der Waals surface area (Å²) in [5.74, 6) is 0.611. The Bertz CT molecular complexity index is 1290. The highest BCUT2D eigenvalue weighted by Crippen LogP contribution is 2.24. The van der Waals surface area contributed by atoms with Crippen molar-refractivity contribution in [3.63, 3.8) is 0 Å². The van der Waals surface area contributed by atoms with E-state index in [1.54, 1.807) is 19.1 Å². The molecule has 0 radical (unpaired) electrons. The minimum absolute atomic E-state index is 0.0715. The first-order chi connectivity index (χ1) is 16.7. The van der Waals surface area contributed by atoms with Gasteiger partial charge in [-0.2, -0.15) is 0 Å². The molecule has 2 aromatic heterocycles. The maximum absolute atomic E-state index is 13.5. The molecule has 8 nitrogen and oxygen atoms in total. The van der Waals surface area contributed by atoms with Gasteiger partial charge in [-0.3, -0.25) is 9.78 Å². The van der Waals surface area contributed by atoms with E-state index in [1.165, 1.54) is 0 Å². The highest BCUT2D eigenvalue weighted by atomic mass is 16.6. The van der Waals surface area contributed by atoms with Gasteiger partial charge in [0.1, 0.15) is 23.7 Å². The molecule has 0 bridgehead atoms. The predicted molar refractivity (Wildman–Crippen MR) is 125 cm³/mol. The molecule has 0 N–H and O–H groups in total. The molecule has 3 heterocycles. The SMILES string of the molecule is Cc1nonc1COc1ccccc1C(=O)N1CCOC[C@H](Cc2cnc3ccccc3c2)C1. The van der Waals surface area contributed by atoms with Crippen LogP contribution in [0, 0.1) is 12.8 Å². The summed E-state index contributed by atoms with van der Waals surface area (Å²) in [6.45, 7) is 4.23. The van der Waals surface area contributed by atoms with Crippen LogP contribution in [0.15, 0.2) is 65.4 Å². The molecule has 0 spiro atoms. The van der Waals surface area contributed by atoms with Gasteiger partial charge in [-0.15, -0.1) is 0 Å². The number of rotatable bonds is 6. The van der Waals surface area contributed by atoms with Crippen LogP contribution in [-0.2, 0) is 17.8 Å². The van der Waals surface area contributed by atoms with Crippen LogP contribution in [-0.4, -0.2) is 52.4 Å². The normalized spacial score (nSPS) is 16.4. The van der Waals surface area contributed by atoms with Gasteiger partial charge in [0.25, 0.3) is 5.91 Å². The lowest BCUT2D eigenvalue weighted by Gasteiger charge is -2.24. The zero-order chi connectivity index (χ0) is 23.3. The van der Waals surface area contributed by atoms with Crippen LogP contribution in [0.4, 0.5) is 0 Å². The Morgan fingerprint density at radius 2 is 2.00 bits per heavy atom. The summed E-state index contributed by atoms with van der Waals surface area (Å²) in [4.78, 5) is 19.9. The molecule has 0 unspecified atom stereocenters. The van der Waals surface area contributed by atoms with Crippen LogP contribution in [0.5, 0.6) is 5.75 Å². The number of hydrogen-bond donors (Lipinski definition) is 0. The van der Waals surface area contributed by atoms with Crippen molar-refractivity contribution in [3.05, 3.63) is 83.3 Å². The zero-order valence-corrected chi connectivity index (χ0v) is 19.0. The maximum Gasteiger partial charge on any atom is 0.257 e. The first-order valence-corrected chi connectivity index (χ1v) is 11.4. The second-order valence-electron chi connectivity index (χ2n) is 8.51. The van der Waals surface area contributed by atoms with E-state index in [-0.39, 0.29) is 18.4 Å². The number of para-hydroxylation sites is 2. The van der Waals surface area contributed by atoms with Crippen molar-refractivity contribution in [2.75, 3.05) is 26.3 Å². The number of aromatic nitrogens is 3. The topological polar surface area (TPSA) is 90.6 Å². The first-order valence-electron chi connectivity index (χ1n) is 11.4. The minimum atomic E-state index is -0.0715. The van der Waals surface area contributed by atoms with Crippen LogP contribution in [0.25, 0.3) is 10.9 Å². The highest BCUT2D eigenvalue weighted by Gasteiger charge is 2.26. The van der Waals surface area contributed by atoms with Crippen molar-refractivity contribution in [2.45, 2.75) is 20.0 Å². The van der Waals surface area contributed by atoms with Crippen LogP contribution >= 0.6 is 0 Å². The van der Waals surface area contributed by atoms with Gasteiger partial charge in [-0.25, -0.2) is 4.63 Å². The third-order valence-corrected chi connectivity index (χ3v) is 6.02. The number of amides is 1. The van der Waals surface area contributed by atoms with Crippen molar-refractivity contribution in [2.24, 2.45) is 5.92 Å². The molecule has 1 amide bonds. The monoisotopic (exact) mass is 458 g/mol. The Morgan fingerprint density at radius 3 is 2.88 bits per heavy atom. The molecule has 1 fully saturated rings. The van der Waals surface area contributed by atoms with Crippen LogP contribution in [0.2, 0.25) is 0 Å². The standard InChI is InChI=1S/C26H26N4O4/c1-18-24(29-34-28-18)17-33-25-9-5-3-7-22(25)26(31)30-10-11-32-16-20(15-30)12-19-13-21-6-2-4-8-23(21)27-14-19/h2-9,13-14,20H,10-12,15-17H2,1H3/t20-/m1/s1. The summed E-state index contributed by atoms with van der Waals surface area (Å²) < 4.78 is 16.5. The molecule has 1 atom stereocenters. The fraction of sp³-hybridized carbons (Fsp3) is 0.308. The lowest BCUT2D eigenvalue weighted by atomic mass is 9.99. The van der Waals surface area contributed by atoms with E-state index in [0.717, 1.165) is 22.9 Å². The predicted octanol–water partition coefficient (Wildman–Crippen LogP) is 3.84. The number of fused-ring (bicyclic) bond motifs is 1. The second-order valence-corrected chi connectivity index (χ2v) is 8.51. The lowest BCUT2D eigenvalue weighted by Crippen LogP contribution is -2.36. The van der Waals surface area contributed by atoms with Gasteiger partial charge >= 0.3 is 0 Å². The third-order valence-electron chi connectivity index (χ3n) is 6.02. The van der Waals surface area contributed by atoms with Crippen molar-refractivity contribution >= 4 is 16.8 Å². The summed E-state index contributed by atoms with van der Waals surface area (Å²) in [5.41, 5.74) is 3.91. The number of pyridine rings is 1. The smallest absolute Gasteiger partial charge is 0.257 e. The molecule has 0 saturated carbocycles. The van der Waals surface area contributed by atoms with Crippen molar-refractivity contribution < 1.29 is 18.9 Å². The zero-order valence-electron chi connectivity index (χ0n) is 19.0. The Balaban J connectivity index is 1.30. The molecule has 1 aliphatic heterocycles. The van der Waals surface area contributed by atoms with E-state index in [2.05, 4.69) is 27.4 Å². The number of carbonyl (C=O) groups excluding carboxylic acids is 1. The van der Waals surface area contributed by atoms with E-state index in [4.69, 9.17) is 14.1 Å². The van der Waals surface area contributed by atoms with E-state index >= 15 is 0 Å². The molecule has 4 aromatic rings. The average molecular weight is 459 g/mol. The summed E-state index contributed by atoms with van der Waals surface area (Å²) >= 11 is 0. The molecule has 1 saturated heterocycles. The van der Waals surface area contributed by atoms with Gasteiger partial charge in [-0.05, 0) is 43.2 Å². The van der Waals surface area contributed by atoms with Gasteiger partial charge in [-0.1, -0.05) is 40.6 Å². The van der Waals surface area contributed by atoms with Gasteiger partial charge < -0.3 is 14.4 Å². The van der Waals surface area contributed by atoms with Crippen LogP contribution in [0.3, 0.4) is 0 Å². The molecule has 174 valence electrons. The van der Waals surface area contributed by atoms with Gasteiger partial charge in [0.2, 0.25) is 0 Å². The maximum atomic E-state index is 13.5.